The fourth-order valence-corrected chi connectivity index (χ4v) is 1.54. The molecule has 0 aromatic heterocycles. The number of rotatable bonds is 6. The van der Waals surface area contributed by atoms with Gasteiger partial charge in [0.15, 0.2) is 6.61 Å². The summed E-state index contributed by atoms with van der Waals surface area (Å²) in [6.45, 7) is 3.44. The van der Waals surface area contributed by atoms with Crippen molar-refractivity contribution >= 4 is 11.9 Å². The van der Waals surface area contributed by atoms with E-state index in [-0.39, 0.29) is 18.6 Å². The van der Waals surface area contributed by atoms with Gasteiger partial charge < -0.3 is 10.1 Å². The summed E-state index contributed by atoms with van der Waals surface area (Å²) in [5, 5.41) is 2.76. The molecule has 0 spiro atoms. The third-order valence-electron chi connectivity index (χ3n) is 2.56. The van der Waals surface area contributed by atoms with E-state index in [0.717, 1.165) is 5.56 Å². The Bertz CT molecular complexity index is 492. The third-order valence-corrected chi connectivity index (χ3v) is 2.56. The van der Waals surface area contributed by atoms with Gasteiger partial charge in [0, 0.05) is 6.08 Å². The van der Waals surface area contributed by atoms with Gasteiger partial charge in [0.25, 0.3) is 5.91 Å². The average Bonchev–Trinajstić information content (AvgIpc) is 2.46. The van der Waals surface area contributed by atoms with Crippen molar-refractivity contribution in [3.63, 3.8) is 0 Å². The Kier molecular flexibility index (Phi) is 6.82. The first-order valence-corrected chi connectivity index (χ1v) is 6.44. The van der Waals surface area contributed by atoms with Crippen molar-refractivity contribution in [3.8, 4) is 0 Å². The Hall–Kier alpha value is -2.36. The first-order valence-electron chi connectivity index (χ1n) is 6.44. The normalized spacial score (nSPS) is 12.5. The van der Waals surface area contributed by atoms with Crippen LogP contribution >= 0.6 is 0 Å². The van der Waals surface area contributed by atoms with Gasteiger partial charge in [0.05, 0.1) is 6.04 Å². The molecule has 0 radical (unpaired) electrons. The summed E-state index contributed by atoms with van der Waals surface area (Å²) < 4.78 is 4.82. The van der Waals surface area contributed by atoms with Crippen molar-refractivity contribution in [2.75, 3.05) is 6.61 Å². The van der Waals surface area contributed by atoms with Gasteiger partial charge in [-0.1, -0.05) is 48.6 Å². The number of nitrogens with one attached hydrogen (secondary N) is 1. The SMILES string of the molecule is C/C=C/C=C/C(=O)OCC(=O)NC(C)c1ccccc1. The zero-order chi connectivity index (χ0) is 14.8. The van der Waals surface area contributed by atoms with Crippen LogP contribution in [0.5, 0.6) is 0 Å². The molecule has 1 N–H and O–H groups in total. The van der Waals surface area contributed by atoms with E-state index in [0.29, 0.717) is 0 Å². The first-order chi connectivity index (χ1) is 9.63. The molecule has 0 bridgehead atoms. The van der Waals surface area contributed by atoms with Crippen molar-refractivity contribution in [2.24, 2.45) is 0 Å². The fraction of sp³-hybridized carbons (Fsp3) is 0.250. The van der Waals surface area contributed by atoms with Gasteiger partial charge in [-0.3, -0.25) is 4.79 Å². The van der Waals surface area contributed by atoms with Gasteiger partial charge in [0.1, 0.15) is 0 Å². The molecule has 0 aliphatic heterocycles. The van der Waals surface area contributed by atoms with Gasteiger partial charge in [-0.25, -0.2) is 4.79 Å². The highest BCUT2D eigenvalue weighted by atomic mass is 16.5. The van der Waals surface area contributed by atoms with Gasteiger partial charge in [-0.2, -0.15) is 0 Å². The van der Waals surface area contributed by atoms with Crippen LogP contribution in [0.2, 0.25) is 0 Å². The number of carbonyl (C=O) groups excluding carboxylic acids is 2. The second-order valence-electron chi connectivity index (χ2n) is 4.19. The maximum absolute atomic E-state index is 11.6. The molecule has 4 heteroatoms. The number of hydrogen-bond donors (Lipinski definition) is 1. The molecule has 1 aromatic carbocycles. The van der Waals surface area contributed by atoms with E-state index >= 15 is 0 Å². The topological polar surface area (TPSA) is 55.4 Å². The third kappa shape index (κ3) is 6.00. The Labute approximate surface area is 119 Å². The number of benzene rings is 1. The molecular formula is C16H19NO3. The van der Waals surface area contributed by atoms with Crippen LogP contribution in [0.1, 0.15) is 25.5 Å². The largest absolute Gasteiger partial charge is 0.452 e. The molecule has 0 saturated carbocycles. The molecular weight excluding hydrogens is 254 g/mol. The highest BCUT2D eigenvalue weighted by Crippen LogP contribution is 2.10. The van der Waals surface area contributed by atoms with Crippen LogP contribution in [-0.2, 0) is 14.3 Å². The lowest BCUT2D eigenvalue weighted by molar-refractivity contribution is -0.144. The van der Waals surface area contributed by atoms with Crippen LogP contribution in [0, 0.1) is 0 Å². The minimum absolute atomic E-state index is 0.124. The van der Waals surface area contributed by atoms with Crippen molar-refractivity contribution in [2.45, 2.75) is 19.9 Å². The summed E-state index contributed by atoms with van der Waals surface area (Å²) in [7, 11) is 0. The molecule has 1 rings (SSSR count). The lowest BCUT2D eigenvalue weighted by Gasteiger charge is -2.13. The average molecular weight is 273 g/mol. The highest BCUT2D eigenvalue weighted by molar-refractivity contribution is 5.86. The van der Waals surface area contributed by atoms with Crippen LogP contribution in [0.15, 0.2) is 54.6 Å². The number of hydrogen-bond acceptors (Lipinski definition) is 3. The quantitative estimate of drug-likeness (QED) is 0.492. The highest BCUT2D eigenvalue weighted by Gasteiger charge is 2.10. The maximum Gasteiger partial charge on any atom is 0.331 e. The Morgan fingerprint density at radius 1 is 1.25 bits per heavy atom. The number of carbonyl (C=O) groups is 2. The summed E-state index contributed by atoms with van der Waals surface area (Å²) in [5.74, 6) is -0.861. The van der Waals surface area contributed by atoms with Crippen molar-refractivity contribution in [1.82, 2.24) is 5.32 Å². The minimum atomic E-state index is -0.536. The summed E-state index contributed by atoms with van der Waals surface area (Å²) in [6, 6.07) is 9.46. The van der Waals surface area contributed by atoms with Gasteiger partial charge >= 0.3 is 5.97 Å². The van der Waals surface area contributed by atoms with E-state index in [1.165, 1.54) is 6.08 Å². The lowest BCUT2D eigenvalue weighted by Crippen LogP contribution is -2.30. The molecule has 1 amide bonds. The van der Waals surface area contributed by atoms with E-state index < -0.39 is 5.97 Å². The molecule has 4 nitrogen and oxygen atoms in total. The summed E-state index contributed by atoms with van der Waals surface area (Å²) >= 11 is 0. The minimum Gasteiger partial charge on any atom is -0.452 e. The maximum atomic E-state index is 11.6. The molecule has 1 unspecified atom stereocenters. The molecule has 0 aliphatic carbocycles. The van der Waals surface area contributed by atoms with Gasteiger partial charge in [0.2, 0.25) is 0 Å². The van der Waals surface area contributed by atoms with Crippen LogP contribution in [-0.4, -0.2) is 18.5 Å². The Morgan fingerprint density at radius 2 is 1.95 bits per heavy atom. The zero-order valence-corrected chi connectivity index (χ0v) is 11.7. The van der Waals surface area contributed by atoms with Crippen LogP contribution in [0.4, 0.5) is 0 Å². The zero-order valence-electron chi connectivity index (χ0n) is 11.7. The Balaban J connectivity index is 2.35. The lowest BCUT2D eigenvalue weighted by atomic mass is 10.1. The summed E-state index contributed by atoms with van der Waals surface area (Å²) in [5.41, 5.74) is 1.00. The first kappa shape index (κ1) is 15.7. The van der Waals surface area contributed by atoms with E-state index in [9.17, 15) is 9.59 Å². The van der Waals surface area contributed by atoms with E-state index in [1.807, 2.05) is 44.2 Å². The predicted molar refractivity (Wildman–Crippen MR) is 77.9 cm³/mol. The molecule has 20 heavy (non-hydrogen) atoms. The molecule has 1 aromatic rings. The number of esters is 1. The fourth-order valence-electron chi connectivity index (χ4n) is 1.54. The molecule has 0 heterocycles. The summed E-state index contributed by atoms with van der Waals surface area (Å²) in [6.07, 6.45) is 6.33. The van der Waals surface area contributed by atoms with Crippen molar-refractivity contribution < 1.29 is 14.3 Å². The van der Waals surface area contributed by atoms with Crippen LogP contribution in [0.3, 0.4) is 0 Å². The van der Waals surface area contributed by atoms with Crippen LogP contribution < -0.4 is 5.32 Å². The van der Waals surface area contributed by atoms with E-state index in [1.54, 1.807) is 18.2 Å². The summed E-state index contributed by atoms with van der Waals surface area (Å²) in [4.78, 5) is 22.9. The van der Waals surface area contributed by atoms with Crippen LogP contribution in [0.25, 0.3) is 0 Å². The molecule has 1 atom stereocenters. The molecule has 0 fully saturated rings. The second kappa shape index (κ2) is 8.69. The van der Waals surface area contributed by atoms with Gasteiger partial charge in [-0.05, 0) is 19.4 Å². The molecule has 0 aliphatic rings. The van der Waals surface area contributed by atoms with Crippen molar-refractivity contribution in [3.05, 3.63) is 60.2 Å². The standard InChI is InChI=1S/C16H19NO3/c1-3-4-6-11-16(19)20-12-15(18)17-13(2)14-9-7-5-8-10-14/h3-11,13H,12H2,1-2H3,(H,17,18)/b4-3+,11-6+. The second-order valence-corrected chi connectivity index (χ2v) is 4.19. The number of ether oxygens (including phenoxy) is 1. The number of amides is 1. The van der Waals surface area contributed by atoms with E-state index in [2.05, 4.69) is 5.32 Å². The predicted octanol–water partition coefficient (Wildman–Crippen LogP) is 2.54. The van der Waals surface area contributed by atoms with Crippen molar-refractivity contribution in [1.29, 1.82) is 0 Å². The smallest absolute Gasteiger partial charge is 0.331 e. The molecule has 106 valence electrons. The Morgan fingerprint density at radius 3 is 2.60 bits per heavy atom. The van der Waals surface area contributed by atoms with E-state index in [4.69, 9.17) is 4.74 Å². The monoisotopic (exact) mass is 273 g/mol. The number of allylic oxidation sites excluding steroid dienone is 3. The van der Waals surface area contributed by atoms with Gasteiger partial charge in [-0.15, -0.1) is 0 Å². The molecule has 0 saturated heterocycles.